The predicted octanol–water partition coefficient (Wildman–Crippen LogP) is 3.89. The van der Waals surface area contributed by atoms with Crippen molar-refractivity contribution >= 4 is 43.7 Å². The summed E-state index contributed by atoms with van der Waals surface area (Å²) in [7, 11) is 0. The van der Waals surface area contributed by atoms with Crippen molar-refractivity contribution in [2.75, 3.05) is 5.32 Å². The molecule has 0 aliphatic heterocycles. The van der Waals surface area contributed by atoms with Gasteiger partial charge in [-0.15, -0.1) is 11.3 Å². The Morgan fingerprint density at radius 2 is 2.36 bits per heavy atom. The van der Waals surface area contributed by atoms with E-state index < -0.39 is 0 Å². The van der Waals surface area contributed by atoms with Gasteiger partial charge in [0.05, 0.1) is 0 Å². The third kappa shape index (κ3) is 2.34. The van der Waals surface area contributed by atoms with Crippen molar-refractivity contribution in [3.8, 4) is 0 Å². The van der Waals surface area contributed by atoms with Gasteiger partial charge in [-0.25, -0.2) is 4.98 Å². The molecule has 0 aromatic carbocycles. The van der Waals surface area contributed by atoms with Crippen LogP contribution in [0, 0.1) is 6.92 Å². The fourth-order valence-corrected chi connectivity index (χ4v) is 3.14. The largest absolute Gasteiger partial charge is 0.357 e. The van der Waals surface area contributed by atoms with Crippen LogP contribution in [-0.2, 0) is 6.54 Å². The average molecular weight is 289 g/mol. The molecule has 1 N–H and O–H groups in total. The van der Waals surface area contributed by atoms with E-state index in [9.17, 15) is 0 Å². The van der Waals surface area contributed by atoms with Gasteiger partial charge in [0.25, 0.3) is 0 Å². The van der Waals surface area contributed by atoms with Crippen LogP contribution in [0.2, 0.25) is 0 Å². The first-order valence-corrected chi connectivity index (χ1v) is 6.68. The van der Waals surface area contributed by atoms with E-state index in [-0.39, 0.29) is 0 Å². The molecule has 0 aliphatic rings. The molecule has 0 radical (unpaired) electrons. The van der Waals surface area contributed by atoms with E-state index in [2.05, 4.69) is 43.9 Å². The quantitative estimate of drug-likeness (QED) is 0.927. The van der Waals surface area contributed by atoms with Crippen molar-refractivity contribution in [2.45, 2.75) is 13.5 Å². The Hall–Kier alpha value is -0.390. The zero-order chi connectivity index (χ0) is 9.97. The topological polar surface area (TPSA) is 24.9 Å². The van der Waals surface area contributed by atoms with Crippen LogP contribution in [0.1, 0.15) is 10.4 Å². The highest BCUT2D eigenvalue weighted by Crippen LogP contribution is 2.23. The molecule has 0 saturated carbocycles. The first kappa shape index (κ1) is 10.1. The smallest absolute Gasteiger partial charge is 0.183 e. The number of hydrogen-bond donors (Lipinski definition) is 1. The minimum atomic E-state index is 0.830. The van der Waals surface area contributed by atoms with Crippen molar-refractivity contribution in [3.05, 3.63) is 31.9 Å². The number of nitrogens with zero attached hydrogens (tertiary/aromatic N) is 1. The van der Waals surface area contributed by atoms with Gasteiger partial charge in [0, 0.05) is 27.5 Å². The van der Waals surface area contributed by atoms with Crippen LogP contribution in [-0.4, -0.2) is 4.98 Å². The molecule has 0 amide bonds. The lowest BCUT2D eigenvalue weighted by molar-refractivity contribution is 1.14. The molecular formula is C9H9BrN2S2. The maximum absolute atomic E-state index is 4.24. The highest BCUT2D eigenvalue weighted by Gasteiger charge is 2.02. The second kappa shape index (κ2) is 4.42. The highest BCUT2D eigenvalue weighted by atomic mass is 79.9. The van der Waals surface area contributed by atoms with E-state index >= 15 is 0 Å². The number of thiazole rings is 1. The molecule has 0 saturated heterocycles. The molecule has 74 valence electrons. The monoisotopic (exact) mass is 288 g/mol. The first-order valence-electron chi connectivity index (χ1n) is 4.12. The van der Waals surface area contributed by atoms with Crippen LogP contribution in [0.3, 0.4) is 0 Å². The number of aryl methyl sites for hydroxylation is 1. The van der Waals surface area contributed by atoms with E-state index in [1.165, 1.54) is 14.9 Å². The molecular weight excluding hydrogens is 280 g/mol. The zero-order valence-electron chi connectivity index (χ0n) is 7.58. The number of halogens is 1. The molecule has 0 bridgehead atoms. The second-order valence-corrected chi connectivity index (χ2v) is 5.71. The van der Waals surface area contributed by atoms with E-state index in [4.69, 9.17) is 0 Å². The minimum Gasteiger partial charge on any atom is -0.357 e. The lowest BCUT2D eigenvalue weighted by Crippen LogP contribution is -1.97. The number of rotatable bonds is 3. The number of hydrogen-bond acceptors (Lipinski definition) is 4. The summed E-state index contributed by atoms with van der Waals surface area (Å²) in [4.78, 5) is 5.47. The Kier molecular flexibility index (Phi) is 3.20. The Morgan fingerprint density at radius 3 is 2.93 bits per heavy atom. The molecule has 0 aliphatic carbocycles. The molecule has 0 unspecified atom stereocenters. The lowest BCUT2D eigenvalue weighted by atomic mass is 10.3. The summed E-state index contributed by atoms with van der Waals surface area (Å²) in [6.07, 6.45) is 1.88. The molecule has 14 heavy (non-hydrogen) atoms. The van der Waals surface area contributed by atoms with Crippen molar-refractivity contribution in [1.82, 2.24) is 4.98 Å². The summed E-state index contributed by atoms with van der Waals surface area (Å²) >= 11 is 6.88. The standard InChI is InChI=1S/C9H9BrN2S2/c1-6-2-11-9(14-6)12-3-7-4-13-5-8(7)10/h2,4-5H,3H2,1H3,(H,11,12). The van der Waals surface area contributed by atoms with Gasteiger partial charge in [-0.1, -0.05) is 0 Å². The number of aromatic nitrogens is 1. The second-order valence-electron chi connectivity index (χ2n) is 2.87. The molecule has 2 aromatic rings. The Morgan fingerprint density at radius 1 is 1.50 bits per heavy atom. The summed E-state index contributed by atoms with van der Waals surface area (Å²) in [6.45, 7) is 2.89. The van der Waals surface area contributed by atoms with Crippen molar-refractivity contribution in [2.24, 2.45) is 0 Å². The van der Waals surface area contributed by atoms with Gasteiger partial charge in [-0.3, -0.25) is 0 Å². The van der Waals surface area contributed by atoms with Gasteiger partial charge < -0.3 is 5.32 Å². The maximum Gasteiger partial charge on any atom is 0.183 e. The molecule has 2 nitrogen and oxygen atoms in total. The molecule has 0 fully saturated rings. The van der Waals surface area contributed by atoms with Gasteiger partial charge >= 0.3 is 0 Å². The SMILES string of the molecule is Cc1cnc(NCc2cscc2Br)s1. The Balaban J connectivity index is 1.98. The summed E-state index contributed by atoms with van der Waals surface area (Å²) in [5.41, 5.74) is 1.28. The third-order valence-corrected chi connectivity index (χ3v) is 4.44. The molecule has 5 heteroatoms. The van der Waals surface area contributed by atoms with Gasteiger partial charge in [0.15, 0.2) is 5.13 Å². The Bertz CT molecular complexity index is 422. The summed E-state index contributed by atoms with van der Waals surface area (Å²) in [6, 6.07) is 0. The van der Waals surface area contributed by atoms with Gasteiger partial charge in [-0.2, -0.15) is 11.3 Å². The predicted molar refractivity (Wildman–Crippen MR) is 66.2 cm³/mol. The number of nitrogens with one attached hydrogen (secondary N) is 1. The van der Waals surface area contributed by atoms with Crippen LogP contribution in [0.4, 0.5) is 5.13 Å². The fourth-order valence-electron chi connectivity index (χ4n) is 1.04. The normalized spacial score (nSPS) is 10.4. The molecule has 2 rings (SSSR count). The highest BCUT2D eigenvalue weighted by molar-refractivity contribution is 9.10. The summed E-state index contributed by atoms with van der Waals surface area (Å²) in [5.74, 6) is 0. The van der Waals surface area contributed by atoms with E-state index in [1.54, 1.807) is 22.7 Å². The van der Waals surface area contributed by atoms with Gasteiger partial charge in [0.2, 0.25) is 0 Å². The molecule has 0 atom stereocenters. The van der Waals surface area contributed by atoms with Crippen LogP contribution < -0.4 is 5.32 Å². The molecule has 2 heterocycles. The van der Waals surface area contributed by atoms with Crippen LogP contribution in [0.15, 0.2) is 21.4 Å². The summed E-state index contributed by atoms with van der Waals surface area (Å²) < 4.78 is 1.17. The Labute approximate surface area is 99.1 Å². The zero-order valence-corrected chi connectivity index (χ0v) is 10.8. The minimum absolute atomic E-state index is 0.830. The van der Waals surface area contributed by atoms with Gasteiger partial charge in [0.1, 0.15) is 0 Å². The van der Waals surface area contributed by atoms with Crippen molar-refractivity contribution in [1.29, 1.82) is 0 Å². The maximum atomic E-state index is 4.24. The fraction of sp³-hybridized carbons (Fsp3) is 0.222. The van der Waals surface area contributed by atoms with E-state index in [0.29, 0.717) is 0 Å². The lowest BCUT2D eigenvalue weighted by Gasteiger charge is -2.00. The number of thiophene rings is 1. The van der Waals surface area contributed by atoms with E-state index in [1.807, 2.05) is 6.20 Å². The molecule has 2 aromatic heterocycles. The first-order chi connectivity index (χ1) is 6.75. The van der Waals surface area contributed by atoms with Crippen molar-refractivity contribution < 1.29 is 0 Å². The van der Waals surface area contributed by atoms with Crippen LogP contribution >= 0.6 is 38.6 Å². The molecule has 0 spiro atoms. The average Bonchev–Trinajstić information content (AvgIpc) is 2.72. The van der Waals surface area contributed by atoms with Crippen molar-refractivity contribution in [3.63, 3.8) is 0 Å². The number of anilines is 1. The van der Waals surface area contributed by atoms with Crippen LogP contribution in [0.5, 0.6) is 0 Å². The van der Waals surface area contributed by atoms with E-state index in [0.717, 1.165) is 11.7 Å². The van der Waals surface area contributed by atoms with Gasteiger partial charge in [-0.05, 0) is 33.8 Å². The summed E-state index contributed by atoms with van der Waals surface area (Å²) in [5, 5.41) is 8.50. The van der Waals surface area contributed by atoms with Crippen LogP contribution in [0.25, 0.3) is 0 Å². The third-order valence-electron chi connectivity index (χ3n) is 1.74.